The van der Waals surface area contributed by atoms with Crippen molar-refractivity contribution in [2.24, 2.45) is 5.92 Å². The van der Waals surface area contributed by atoms with Crippen LogP contribution >= 0.6 is 11.6 Å². The summed E-state index contributed by atoms with van der Waals surface area (Å²) < 4.78 is 0. The van der Waals surface area contributed by atoms with E-state index < -0.39 is 0 Å². The van der Waals surface area contributed by atoms with E-state index in [0.717, 1.165) is 0 Å². The molecule has 1 atom stereocenters. The van der Waals surface area contributed by atoms with Gasteiger partial charge in [0.1, 0.15) is 0 Å². The molecule has 0 aliphatic heterocycles. The molecule has 2 aromatic rings. The van der Waals surface area contributed by atoms with E-state index in [4.69, 9.17) is 11.6 Å². The molecule has 0 saturated heterocycles. The summed E-state index contributed by atoms with van der Waals surface area (Å²) >= 11 is 6.05. The fourth-order valence-corrected chi connectivity index (χ4v) is 2.44. The van der Waals surface area contributed by atoms with Gasteiger partial charge in [-0.15, -0.1) is 11.6 Å². The van der Waals surface area contributed by atoms with E-state index in [1.54, 1.807) is 0 Å². The van der Waals surface area contributed by atoms with Crippen molar-refractivity contribution in [2.75, 3.05) is 5.88 Å². The molecule has 0 fully saturated rings. The lowest BCUT2D eigenvalue weighted by atomic mass is 9.82. The number of hydrogen-bond acceptors (Lipinski definition) is 0. The first-order valence-electron chi connectivity index (χ1n) is 5.98. The summed E-state index contributed by atoms with van der Waals surface area (Å²) in [6.45, 7) is 2.21. The Kier molecular flexibility index (Phi) is 4.22. The molecule has 0 N–H and O–H groups in total. The number of alkyl halides is 1. The maximum Gasteiger partial charge on any atom is 0.0258 e. The average Bonchev–Trinajstić information content (AvgIpc) is 2.41. The largest absolute Gasteiger partial charge is 0.126 e. The van der Waals surface area contributed by atoms with Gasteiger partial charge in [0.2, 0.25) is 0 Å². The zero-order valence-corrected chi connectivity index (χ0v) is 10.8. The van der Waals surface area contributed by atoms with Gasteiger partial charge in [0.25, 0.3) is 0 Å². The molecule has 0 amide bonds. The Labute approximate surface area is 108 Å². The van der Waals surface area contributed by atoms with Crippen LogP contribution in [-0.2, 0) is 0 Å². The summed E-state index contributed by atoms with van der Waals surface area (Å²) in [4.78, 5) is 0. The van der Waals surface area contributed by atoms with Crippen LogP contribution in [0.2, 0.25) is 0 Å². The molecule has 2 aromatic carbocycles. The van der Waals surface area contributed by atoms with E-state index in [1.165, 1.54) is 11.1 Å². The molecule has 0 aromatic heterocycles. The fourth-order valence-electron chi connectivity index (χ4n) is 2.26. The highest BCUT2D eigenvalue weighted by Gasteiger charge is 2.20. The first kappa shape index (κ1) is 12.2. The Hall–Kier alpha value is -1.27. The van der Waals surface area contributed by atoms with Gasteiger partial charge >= 0.3 is 0 Å². The van der Waals surface area contributed by atoms with Crippen molar-refractivity contribution in [3.8, 4) is 0 Å². The Morgan fingerprint density at radius 1 is 0.824 bits per heavy atom. The van der Waals surface area contributed by atoms with E-state index in [0.29, 0.717) is 17.7 Å². The molecule has 0 heterocycles. The summed E-state index contributed by atoms with van der Waals surface area (Å²) in [7, 11) is 0. The van der Waals surface area contributed by atoms with Crippen molar-refractivity contribution in [1.29, 1.82) is 0 Å². The fraction of sp³-hybridized carbons (Fsp3) is 0.250. The third-order valence-corrected chi connectivity index (χ3v) is 3.62. The topological polar surface area (TPSA) is 0 Å². The molecular formula is C16H17Cl. The second-order valence-electron chi connectivity index (χ2n) is 4.43. The molecule has 88 valence electrons. The highest BCUT2D eigenvalue weighted by Crippen LogP contribution is 2.32. The first-order valence-corrected chi connectivity index (χ1v) is 6.52. The van der Waals surface area contributed by atoms with Crippen molar-refractivity contribution in [3.63, 3.8) is 0 Å². The van der Waals surface area contributed by atoms with Gasteiger partial charge in [-0.3, -0.25) is 0 Å². The first-order chi connectivity index (χ1) is 8.33. The van der Waals surface area contributed by atoms with Crippen molar-refractivity contribution < 1.29 is 0 Å². The van der Waals surface area contributed by atoms with Crippen LogP contribution in [0.25, 0.3) is 0 Å². The van der Waals surface area contributed by atoms with Gasteiger partial charge in [0.05, 0.1) is 0 Å². The lowest BCUT2D eigenvalue weighted by Gasteiger charge is -2.23. The standard InChI is InChI=1S/C16H17Cl/c1-13(12-17)16(14-8-4-2-5-9-14)15-10-6-3-7-11-15/h2-11,13,16H,12H2,1H3/t13-/m0/s1. The predicted molar refractivity (Wildman–Crippen MR) is 74.6 cm³/mol. The van der Waals surface area contributed by atoms with Crippen LogP contribution in [0.5, 0.6) is 0 Å². The van der Waals surface area contributed by atoms with Crippen LogP contribution in [0.3, 0.4) is 0 Å². The SMILES string of the molecule is C[C@@H](CCl)C(c1ccccc1)c1ccccc1. The highest BCUT2D eigenvalue weighted by atomic mass is 35.5. The lowest BCUT2D eigenvalue weighted by molar-refractivity contribution is 0.570. The average molecular weight is 245 g/mol. The molecule has 0 unspecified atom stereocenters. The summed E-state index contributed by atoms with van der Waals surface area (Å²) in [5.41, 5.74) is 2.68. The van der Waals surface area contributed by atoms with Gasteiger partial charge in [-0.1, -0.05) is 67.6 Å². The highest BCUT2D eigenvalue weighted by molar-refractivity contribution is 6.18. The molecule has 0 nitrogen and oxygen atoms in total. The van der Waals surface area contributed by atoms with E-state index in [1.807, 2.05) is 0 Å². The van der Waals surface area contributed by atoms with Crippen LogP contribution in [0, 0.1) is 5.92 Å². The van der Waals surface area contributed by atoms with Crippen molar-refractivity contribution in [3.05, 3.63) is 71.8 Å². The second-order valence-corrected chi connectivity index (χ2v) is 4.74. The van der Waals surface area contributed by atoms with E-state index >= 15 is 0 Å². The van der Waals surface area contributed by atoms with Gasteiger partial charge in [-0.05, 0) is 17.0 Å². The minimum Gasteiger partial charge on any atom is -0.126 e. The predicted octanol–water partition coefficient (Wildman–Crippen LogP) is 4.69. The lowest BCUT2D eigenvalue weighted by Crippen LogP contribution is -2.12. The third-order valence-electron chi connectivity index (χ3n) is 3.13. The Balaban J connectivity index is 2.39. The zero-order chi connectivity index (χ0) is 12.1. The maximum absolute atomic E-state index is 6.05. The Morgan fingerprint density at radius 2 is 1.24 bits per heavy atom. The van der Waals surface area contributed by atoms with Crippen LogP contribution in [-0.4, -0.2) is 5.88 Å². The summed E-state index contributed by atoms with van der Waals surface area (Å²) in [5, 5.41) is 0. The van der Waals surface area contributed by atoms with Gasteiger partial charge in [-0.2, -0.15) is 0 Å². The van der Waals surface area contributed by atoms with Gasteiger partial charge in [0.15, 0.2) is 0 Å². The molecule has 0 aliphatic carbocycles. The monoisotopic (exact) mass is 244 g/mol. The molecule has 17 heavy (non-hydrogen) atoms. The number of rotatable bonds is 4. The quantitative estimate of drug-likeness (QED) is 0.685. The molecule has 0 aliphatic rings. The normalized spacial score (nSPS) is 12.6. The van der Waals surface area contributed by atoms with Gasteiger partial charge in [0, 0.05) is 11.8 Å². The Morgan fingerprint density at radius 3 is 1.59 bits per heavy atom. The van der Waals surface area contributed by atoms with Gasteiger partial charge in [-0.25, -0.2) is 0 Å². The molecule has 0 bridgehead atoms. The smallest absolute Gasteiger partial charge is 0.0258 e. The molecule has 0 saturated carbocycles. The summed E-state index contributed by atoms with van der Waals surface area (Å²) in [5.74, 6) is 1.49. The van der Waals surface area contributed by atoms with Crippen LogP contribution in [0.15, 0.2) is 60.7 Å². The van der Waals surface area contributed by atoms with Crippen LogP contribution < -0.4 is 0 Å². The molecule has 0 spiro atoms. The Bertz CT molecular complexity index is 396. The molecular weight excluding hydrogens is 228 g/mol. The molecule has 0 radical (unpaired) electrons. The van der Waals surface area contributed by atoms with Crippen LogP contribution in [0.1, 0.15) is 24.0 Å². The number of halogens is 1. The zero-order valence-electron chi connectivity index (χ0n) is 10.0. The van der Waals surface area contributed by atoms with Crippen molar-refractivity contribution in [2.45, 2.75) is 12.8 Å². The summed E-state index contributed by atoms with van der Waals surface area (Å²) in [6.07, 6.45) is 0. The third kappa shape index (κ3) is 2.89. The number of hydrogen-bond donors (Lipinski definition) is 0. The second kappa shape index (κ2) is 5.88. The van der Waals surface area contributed by atoms with E-state index in [9.17, 15) is 0 Å². The summed E-state index contributed by atoms with van der Waals surface area (Å²) in [6, 6.07) is 21.2. The minimum atomic E-state index is 0.384. The number of benzene rings is 2. The molecule has 2 rings (SSSR count). The van der Waals surface area contributed by atoms with Crippen LogP contribution in [0.4, 0.5) is 0 Å². The van der Waals surface area contributed by atoms with Gasteiger partial charge < -0.3 is 0 Å². The van der Waals surface area contributed by atoms with E-state index in [2.05, 4.69) is 67.6 Å². The van der Waals surface area contributed by atoms with Crippen molar-refractivity contribution >= 4 is 11.6 Å². The maximum atomic E-state index is 6.05. The minimum absolute atomic E-state index is 0.384. The molecule has 1 heteroatoms. The van der Waals surface area contributed by atoms with E-state index in [-0.39, 0.29) is 0 Å². The van der Waals surface area contributed by atoms with Crippen molar-refractivity contribution in [1.82, 2.24) is 0 Å².